The standard InChI is InChI=1S/C17H12FNO3/c1-22-13-8-2-10(3-9-13)14-15(17(21)16(14)20)19-12-6-4-11(18)5-7-12/h2-9,19H,1H3. The van der Waals surface area contributed by atoms with E-state index in [1.165, 1.54) is 24.3 Å². The molecule has 0 heterocycles. The zero-order valence-corrected chi connectivity index (χ0v) is 11.7. The van der Waals surface area contributed by atoms with E-state index in [1.54, 1.807) is 31.4 Å². The van der Waals surface area contributed by atoms with Crippen LogP contribution in [0.5, 0.6) is 5.75 Å². The Bertz CT molecular complexity index is 876. The van der Waals surface area contributed by atoms with Gasteiger partial charge in [0.15, 0.2) is 0 Å². The van der Waals surface area contributed by atoms with Crippen molar-refractivity contribution >= 4 is 11.4 Å². The number of hydrogen-bond acceptors (Lipinski definition) is 4. The molecule has 0 saturated carbocycles. The van der Waals surface area contributed by atoms with Gasteiger partial charge in [0.2, 0.25) is 5.43 Å². The van der Waals surface area contributed by atoms with Crippen molar-refractivity contribution in [3.05, 3.63) is 74.8 Å². The van der Waals surface area contributed by atoms with Crippen molar-refractivity contribution < 1.29 is 9.13 Å². The molecule has 3 rings (SSSR count). The third-order valence-electron chi connectivity index (χ3n) is 3.40. The molecule has 0 radical (unpaired) electrons. The summed E-state index contributed by atoms with van der Waals surface area (Å²) in [6.07, 6.45) is 0. The van der Waals surface area contributed by atoms with Gasteiger partial charge in [0, 0.05) is 5.69 Å². The predicted octanol–water partition coefficient (Wildman–Crippen LogP) is 2.84. The normalized spacial score (nSPS) is 10.6. The van der Waals surface area contributed by atoms with Crippen molar-refractivity contribution in [2.75, 3.05) is 12.4 Å². The Morgan fingerprint density at radius 1 is 0.909 bits per heavy atom. The van der Waals surface area contributed by atoms with Crippen LogP contribution in [0.25, 0.3) is 11.1 Å². The number of anilines is 2. The van der Waals surface area contributed by atoms with E-state index in [1.807, 2.05) is 0 Å². The molecule has 0 bridgehead atoms. The van der Waals surface area contributed by atoms with Crippen molar-refractivity contribution in [1.82, 2.24) is 0 Å². The maximum Gasteiger partial charge on any atom is 0.250 e. The van der Waals surface area contributed by atoms with Gasteiger partial charge in [0.05, 0.1) is 12.7 Å². The van der Waals surface area contributed by atoms with Crippen molar-refractivity contribution in [2.45, 2.75) is 0 Å². The number of nitrogens with one attached hydrogen (secondary N) is 1. The quantitative estimate of drug-likeness (QED) is 0.752. The zero-order chi connectivity index (χ0) is 15.7. The molecule has 0 saturated heterocycles. The van der Waals surface area contributed by atoms with Crippen LogP contribution >= 0.6 is 0 Å². The van der Waals surface area contributed by atoms with E-state index in [0.717, 1.165) is 0 Å². The van der Waals surface area contributed by atoms with E-state index in [0.29, 0.717) is 22.6 Å². The van der Waals surface area contributed by atoms with Gasteiger partial charge in [-0.05, 0) is 42.0 Å². The summed E-state index contributed by atoms with van der Waals surface area (Å²) in [5, 5.41) is 2.87. The topological polar surface area (TPSA) is 55.4 Å². The summed E-state index contributed by atoms with van der Waals surface area (Å²) < 4.78 is 18.0. The number of benzene rings is 2. The monoisotopic (exact) mass is 297 g/mol. The predicted molar refractivity (Wildman–Crippen MR) is 83.0 cm³/mol. The summed E-state index contributed by atoms with van der Waals surface area (Å²) in [5.74, 6) is 0.293. The summed E-state index contributed by atoms with van der Waals surface area (Å²) in [6, 6.07) is 12.4. The van der Waals surface area contributed by atoms with E-state index in [4.69, 9.17) is 4.74 Å². The van der Waals surface area contributed by atoms with Gasteiger partial charge in [-0.25, -0.2) is 4.39 Å². The van der Waals surface area contributed by atoms with Crippen LogP contribution in [0.2, 0.25) is 0 Å². The first kappa shape index (κ1) is 14.0. The molecule has 0 unspecified atom stereocenters. The van der Waals surface area contributed by atoms with Gasteiger partial charge in [-0.1, -0.05) is 12.1 Å². The van der Waals surface area contributed by atoms with Gasteiger partial charge in [-0.15, -0.1) is 0 Å². The molecule has 3 aromatic carbocycles. The second-order valence-corrected chi connectivity index (χ2v) is 4.77. The number of halogens is 1. The van der Waals surface area contributed by atoms with E-state index >= 15 is 0 Å². The Hall–Kier alpha value is -2.95. The highest BCUT2D eigenvalue weighted by atomic mass is 19.1. The number of methoxy groups -OCH3 is 1. The number of hydrogen-bond donors (Lipinski definition) is 1. The second-order valence-electron chi connectivity index (χ2n) is 4.77. The summed E-state index contributed by atoms with van der Waals surface area (Å²) in [5.41, 5.74) is 0.627. The first-order valence-electron chi connectivity index (χ1n) is 6.60. The first-order valence-corrected chi connectivity index (χ1v) is 6.60. The Kier molecular flexibility index (Phi) is 3.47. The summed E-state index contributed by atoms with van der Waals surface area (Å²) in [7, 11) is 1.55. The van der Waals surface area contributed by atoms with Gasteiger partial charge < -0.3 is 10.1 Å². The van der Waals surface area contributed by atoms with Crippen LogP contribution < -0.4 is 20.9 Å². The summed E-state index contributed by atoms with van der Waals surface area (Å²) in [4.78, 5) is 23.6. The molecule has 22 heavy (non-hydrogen) atoms. The Morgan fingerprint density at radius 3 is 2.14 bits per heavy atom. The zero-order valence-electron chi connectivity index (χ0n) is 11.7. The van der Waals surface area contributed by atoms with Crippen LogP contribution in [-0.2, 0) is 0 Å². The maximum absolute atomic E-state index is 12.9. The molecule has 3 aromatic rings. The smallest absolute Gasteiger partial charge is 0.250 e. The van der Waals surface area contributed by atoms with E-state index < -0.39 is 10.9 Å². The van der Waals surface area contributed by atoms with E-state index in [-0.39, 0.29) is 11.5 Å². The van der Waals surface area contributed by atoms with E-state index in [9.17, 15) is 14.0 Å². The Labute approximate surface area is 125 Å². The van der Waals surface area contributed by atoms with Gasteiger partial charge in [0.25, 0.3) is 5.43 Å². The third-order valence-corrected chi connectivity index (χ3v) is 3.40. The van der Waals surface area contributed by atoms with Crippen LogP contribution in [0, 0.1) is 5.82 Å². The summed E-state index contributed by atoms with van der Waals surface area (Å²) >= 11 is 0. The van der Waals surface area contributed by atoms with Crippen LogP contribution in [0.15, 0.2) is 58.1 Å². The minimum atomic E-state index is -0.574. The molecule has 0 aliphatic carbocycles. The van der Waals surface area contributed by atoms with Crippen LogP contribution in [0.3, 0.4) is 0 Å². The SMILES string of the molecule is COc1ccc(-c2c(Nc3ccc(F)cc3)c(=O)c2=O)cc1. The largest absolute Gasteiger partial charge is 0.497 e. The lowest BCUT2D eigenvalue weighted by atomic mass is 9.98. The molecule has 5 heteroatoms. The molecule has 1 N–H and O–H groups in total. The fraction of sp³-hybridized carbons (Fsp3) is 0.0588. The minimum Gasteiger partial charge on any atom is -0.497 e. The molecule has 0 fully saturated rings. The van der Waals surface area contributed by atoms with Crippen molar-refractivity contribution in [3.8, 4) is 16.9 Å². The van der Waals surface area contributed by atoms with Crippen LogP contribution in [-0.4, -0.2) is 7.11 Å². The average Bonchev–Trinajstić information content (AvgIpc) is 2.56. The third kappa shape index (κ3) is 2.37. The van der Waals surface area contributed by atoms with Crippen molar-refractivity contribution in [2.24, 2.45) is 0 Å². The minimum absolute atomic E-state index is 0.224. The number of rotatable bonds is 4. The van der Waals surface area contributed by atoms with Gasteiger partial charge in [0.1, 0.15) is 17.3 Å². The van der Waals surface area contributed by atoms with Gasteiger partial charge >= 0.3 is 0 Å². The Morgan fingerprint density at radius 2 is 1.55 bits per heavy atom. The van der Waals surface area contributed by atoms with Crippen molar-refractivity contribution in [3.63, 3.8) is 0 Å². The average molecular weight is 297 g/mol. The van der Waals surface area contributed by atoms with Crippen LogP contribution in [0.4, 0.5) is 15.8 Å². The molecule has 0 aliphatic heterocycles. The highest BCUT2D eigenvalue weighted by Crippen LogP contribution is 2.27. The van der Waals surface area contributed by atoms with Crippen molar-refractivity contribution in [1.29, 1.82) is 0 Å². The highest BCUT2D eigenvalue weighted by Gasteiger charge is 2.22. The maximum atomic E-state index is 12.9. The van der Waals surface area contributed by atoms with Gasteiger partial charge in [-0.3, -0.25) is 9.59 Å². The Balaban J connectivity index is 1.96. The lowest BCUT2D eigenvalue weighted by molar-refractivity contribution is 0.415. The fourth-order valence-electron chi connectivity index (χ4n) is 2.22. The molecule has 0 atom stereocenters. The summed E-state index contributed by atoms with van der Waals surface area (Å²) in [6.45, 7) is 0. The van der Waals surface area contributed by atoms with Crippen LogP contribution in [0.1, 0.15) is 0 Å². The van der Waals surface area contributed by atoms with E-state index in [2.05, 4.69) is 5.32 Å². The first-order chi connectivity index (χ1) is 10.6. The molecule has 4 nitrogen and oxygen atoms in total. The lowest BCUT2D eigenvalue weighted by Crippen LogP contribution is -2.35. The lowest BCUT2D eigenvalue weighted by Gasteiger charge is -2.13. The number of ether oxygens (including phenoxy) is 1. The molecular formula is C17H12FNO3. The highest BCUT2D eigenvalue weighted by molar-refractivity contribution is 5.84. The van der Waals surface area contributed by atoms with Gasteiger partial charge in [-0.2, -0.15) is 0 Å². The molecule has 110 valence electrons. The molecular weight excluding hydrogens is 285 g/mol. The molecule has 0 aromatic heterocycles. The molecule has 0 spiro atoms. The molecule has 0 aliphatic rings. The second kappa shape index (κ2) is 5.44. The fourth-order valence-corrected chi connectivity index (χ4v) is 2.22. The molecule has 0 amide bonds.